The van der Waals surface area contributed by atoms with Crippen molar-refractivity contribution in [1.29, 1.82) is 0 Å². The molecule has 2 rings (SSSR count). The second-order valence-corrected chi connectivity index (χ2v) is 5.42. The standard InChI is InChI=1S/C14H10BrClF3NO/c15-11-6-5-10(16)7-9(11)8-20-12-3-1-2-4-13(12)21-14(17,18)19/h1-7,20H,8H2. The topological polar surface area (TPSA) is 21.3 Å². The number of alkyl halides is 3. The monoisotopic (exact) mass is 379 g/mol. The predicted octanol–water partition coefficient (Wildman–Crippen LogP) is 5.61. The number of hydrogen-bond acceptors (Lipinski definition) is 2. The minimum atomic E-state index is -4.73. The maximum absolute atomic E-state index is 12.3. The largest absolute Gasteiger partial charge is 0.573 e. The van der Waals surface area contributed by atoms with Gasteiger partial charge in [-0.3, -0.25) is 0 Å². The van der Waals surface area contributed by atoms with Crippen molar-refractivity contribution >= 4 is 33.2 Å². The number of ether oxygens (including phenoxy) is 1. The van der Waals surface area contributed by atoms with Crippen molar-refractivity contribution in [3.8, 4) is 5.75 Å². The molecule has 1 N–H and O–H groups in total. The Labute approximate surface area is 133 Å². The van der Waals surface area contributed by atoms with Crippen LogP contribution in [0.1, 0.15) is 5.56 Å². The van der Waals surface area contributed by atoms with E-state index in [1.807, 2.05) is 0 Å². The molecule has 21 heavy (non-hydrogen) atoms. The normalized spacial score (nSPS) is 11.3. The maximum Gasteiger partial charge on any atom is 0.573 e. The molecule has 2 aromatic rings. The van der Waals surface area contributed by atoms with Gasteiger partial charge in [-0.05, 0) is 35.9 Å². The Balaban J connectivity index is 2.15. The first-order chi connectivity index (χ1) is 9.85. The van der Waals surface area contributed by atoms with Gasteiger partial charge in [-0.2, -0.15) is 0 Å². The first-order valence-corrected chi connectivity index (χ1v) is 7.05. The lowest BCUT2D eigenvalue weighted by Gasteiger charge is -2.15. The molecule has 0 fully saturated rings. The Morgan fingerprint density at radius 2 is 1.86 bits per heavy atom. The van der Waals surface area contributed by atoms with Gasteiger partial charge < -0.3 is 10.1 Å². The van der Waals surface area contributed by atoms with Crippen molar-refractivity contribution < 1.29 is 17.9 Å². The summed E-state index contributed by atoms with van der Waals surface area (Å²) in [5, 5.41) is 3.46. The SMILES string of the molecule is FC(F)(F)Oc1ccccc1NCc1cc(Cl)ccc1Br. The molecule has 0 aromatic heterocycles. The zero-order valence-electron chi connectivity index (χ0n) is 10.5. The summed E-state index contributed by atoms with van der Waals surface area (Å²) in [4.78, 5) is 0. The maximum atomic E-state index is 12.3. The molecule has 0 saturated carbocycles. The van der Waals surface area contributed by atoms with E-state index in [-0.39, 0.29) is 11.4 Å². The van der Waals surface area contributed by atoms with Gasteiger partial charge in [0, 0.05) is 16.0 Å². The molecular formula is C14H10BrClF3NO. The minimum absolute atomic E-state index is 0.252. The smallest absolute Gasteiger partial charge is 0.404 e. The molecule has 0 aliphatic heterocycles. The summed E-state index contributed by atoms with van der Waals surface area (Å²) in [6.07, 6.45) is -4.73. The van der Waals surface area contributed by atoms with Crippen LogP contribution in [0.5, 0.6) is 5.75 Å². The third kappa shape index (κ3) is 4.82. The molecule has 2 aromatic carbocycles. The van der Waals surface area contributed by atoms with E-state index in [9.17, 15) is 13.2 Å². The highest BCUT2D eigenvalue weighted by molar-refractivity contribution is 9.10. The quantitative estimate of drug-likeness (QED) is 0.744. The third-order valence-corrected chi connectivity index (χ3v) is 3.60. The number of hydrogen-bond donors (Lipinski definition) is 1. The van der Waals surface area contributed by atoms with Gasteiger partial charge in [-0.15, -0.1) is 13.2 Å². The van der Waals surface area contributed by atoms with Gasteiger partial charge in [0.15, 0.2) is 5.75 Å². The predicted molar refractivity (Wildman–Crippen MR) is 79.6 cm³/mol. The van der Waals surface area contributed by atoms with Gasteiger partial charge in [0.25, 0.3) is 0 Å². The number of nitrogens with one attached hydrogen (secondary N) is 1. The Morgan fingerprint density at radius 3 is 2.57 bits per heavy atom. The zero-order valence-corrected chi connectivity index (χ0v) is 12.9. The van der Waals surface area contributed by atoms with Crippen LogP contribution in [0.4, 0.5) is 18.9 Å². The zero-order chi connectivity index (χ0) is 15.5. The highest BCUT2D eigenvalue weighted by Crippen LogP contribution is 2.31. The number of halogens is 5. The number of para-hydroxylation sites is 2. The summed E-state index contributed by atoms with van der Waals surface area (Å²) < 4.78 is 41.8. The molecule has 112 valence electrons. The molecular weight excluding hydrogens is 371 g/mol. The van der Waals surface area contributed by atoms with E-state index < -0.39 is 6.36 Å². The van der Waals surface area contributed by atoms with Gasteiger partial charge >= 0.3 is 6.36 Å². The van der Waals surface area contributed by atoms with Crippen molar-refractivity contribution in [3.63, 3.8) is 0 Å². The fourth-order valence-corrected chi connectivity index (χ4v) is 2.28. The van der Waals surface area contributed by atoms with Gasteiger partial charge in [0.1, 0.15) is 0 Å². The number of anilines is 1. The lowest BCUT2D eigenvalue weighted by Crippen LogP contribution is -2.18. The van der Waals surface area contributed by atoms with Gasteiger partial charge in [0.05, 0.1) is 5.69 Å². The van der Waals surface area contributed by atoms with Crippen molar-refractivity contribution in [3.05, 3.63) is 57.5 Å². The van der Waals surface area contributed by atoms with Crippen molar-refractivity contribution in [2.24, 2.45) is 0 Å². The van der Waals surface area contributed by atoms with Crippen molar-refractivity contribution in [2.45, 2.75) is 12.9 Å². The summed E-state index contributed by atoms with van der Waals surface area (Å²) >= 11 is 9.26. The van der Waals surface area contributed by atoms with Crippen molar-refractivity contribution in [1.82, 2.24) is 0 Å². The van der Waals surface area contributed by atoms with E-state index in [2.05, 4.69) is 26.0 Å². The molecule has 0 amide bonds. The van der Waals surface area contributed by atoms with E-state index in [4.69, 9.17) is 11.6 Å². The second kappa shape index (κ2) is 6.58. The third-order valence-electron chi connectivity index (χ3n) is 2.59. The van der Waals surface area contributed by atoms with Gasteiger partial charge in [-0.1, -0.05) is 39.7 Å². The van der Waals surface area contributed by atoms with Gasteiger partial charge in [0.2, 0.25) is 0 Å². The van der Waals surface area contributed by atoms with Crippen LogP contribution in [0.15, 0.2) is 46.9 Å². The van der Waals surface area contributed by atoms with Crippen LogP contribution in [0.3, 0.4) is 0 Å². The average molecular weight is 381 g/mol. The summed E-state index contributed by atoms with van der Waals surface area (Å²) in [6, 6.07) is 11.1. The molecule has 0 heterocycles. The first kappa shape index (κ1) is 16.0. The summed E-state index contributed by atoms with van der Waals surface area (Å²) in [7, 11) is 0. The van der Waals surface area contributed by atoms with Gasteiger partial charge in [-0.25, -0.2) is 0 Å². The molecule has 0 saturated heterocycles. The van der Waals surface area contributed by atoms with Crippen LogP contribution >= 0.6 is 27.5 Å². The molecule has 0 bridgehead atoms. The second-order valence-electron chi connectivity index (χ2n) is 4.13. The fourth-order valence-electron chi connectivity index (χ4n) is 1.70. The highest BCUT2D eigenvalue weighted by Gasteiger charge is 2.32. The van der Waals surface area contributed by atoms with Crippen LogP contribution in [0, 0.1) is 0 Å². The molecule has 0 unspecified atom stereocenters. The van der Waals surface area contributed by atoms with Crippen LogP contribution in [0.2, 0.25) is 5.02 Å². The Morgan fingerprint density at radius 1 is 1.14 bits per heavy atom. The fraction of sp³-hybridized carbons (Fsp3) is 0.143. The summed E-state index contributed by atoms with van der Waals surface area (Å²) in [6.45, 7) is 0.305. The Bertz CT molecular complexity index is 634. The molecule has 0 radical (unpaired) electrons. The van der Waals surface area contributed by atoms with E-state index >= 15 is 0 Å². The average Bonchev–Trinajstić information content (AvgIpc) is 2.39. The molecule has 0 aliphatic rings. The summed E-state index contributed by atoms with van der Waals surface area (Å²) in [5.74, 6) is -0.275. The molecule has 7 heteroatoms. The highest BCUT2D eigenvalue weighted by atomic mass is 79.9. The Hall–Kier alpha value is -1.40. The van der Waals surface area contributed by atoms with Crippen LogP contribution in [-0.4, -0.2) is 6.36 Å². The van der Waals surface area contributed by atoms with Crippen LogP contribution < -0.4 is 10.1 Å². The lowest BCUT2D eigenvalue weighted by molar-refractivity contribution is -0.274. The summed E-state index contributed by atoms with van der Waals surface area (Å²) in [5.41, 5.74) is 1.08. The number of rotatable bonds is 4. The Kier molecular flexibility index (Phi) is 5.00. The number of benzene rings is 2. The molecule has 0 aliphatic carbocycles. The first-order valence-electron chi connectivity index (χ1n) is 5.88. The van der Waals surface area contributed by atoms with E-state index in [0.29, 0.717) is 11.6 Å². The van der Waals surface area contributed by atoms with Crippen molar-refractivity contribution in [2.75, 3.05) is 5.32 Å². The van der Waals surface area contributed by atoms with E-state index in [0.717, 1.165) is 10.0 Å². The molecule has 0 atom stereocenters. The van der Waals surface area contributed by atoms with E-state index in [1.54, 1.807) is 24.3 Å². The van der Waals surface area contributed by atoms with Crippen LogP contribution in [-0.2, 0) is 6.54 Å². The molecule has 0 spiro atoms. The molecule has 2 nitrogen and oxygen atoms in total. The minimum Gasteiger partial charge on any atom is -0.404 e. The lowest BCUT2D eigenvalue weighted by atomic mass is 10.2. The van der Waals surface area contributed by atoms with E-state index in [1.165, 1.54) is 18.2 Å². The van der Waals surface area contributed by atoms with Crippen LogP contribution in [0.25, 0.3) is 0 Å².